The summed E-state index contributed by atoms with van der Waals surface area (Å²) in [5, 5.41) is 0. The first-order valence-corrected chi connectivity index (χ1v) is 7.78. The Morgan fingerprint density at radius 2 is 1.41 bits per heavy atom. The van der Waals surface area contributed by atoms with Crippen molar-refractivity contribution in [3.8, 4) is 11.1 Å². The van der Waals surface area contributed by atoms with Crippen molar-refractivity contribution in [1.29, 1.82) is 0 Å². The van der Waals surface area contributed by atoms with E-state index < -0.39 is 0 Å². The molecule has 0 saturated carbocycles. The molecular weight excluding hydrogens is 265 g/mol. The fraction of sp³-hybridized carbons (Fsp3) is 0.150. The van der Waals surface area contributed by atoms with Crippen LogP contribution in [0.5, 0.6) is 0 Å². The highest BCUT2D eigenvalue weighted by molar-refractivity contribution is 6.98. The lowest BCUT2D eigenvalue weighted by atomic mass is 9.40. The summed E-state index contributed by atoms with van der Waals surface area (Å²) in [7, 11) is 0. The van der Waals surface area contributed by atoms with Crippen LogP contribution in [0.4, 0.5) is 0 Å². The zero-order chi connectivity index (χ0) is 15.3. The van der Waals surface area contributed by atoms with Gasteiger partial charge in [-0.15, -0.1) is 0 Å². The highest BCUT2D eigenvalue weighted by Gasteiger charge is 2.34. The van der Waals surface area contributed by atoms with E-state index in [4.69, 9.17) is 4.98 Å². The van der Waals surface area contributed by atoms with Gasteiger partial charge < -0.3 is 0 Å². The van der Waals surface area contributed by atoms with Crippen LogP contribution in [0.1, 0.15) is 16.8 Å². The average molecular weight is 283 g/mol. The predicted octanol–water partition coefficient (Wildman–Crippen LogP) is 2.50. The van der Waals surface area contributed by atoms with Gasteiger partial charge in [-0.05, 0) is 38.0 Å². The maximum Gasteiger partial charge on any atom is 0.266 e. The van der Waals surface area contributed by atoms with Crippen LogP contribution in [0.25, 0.3) is 11.1 Å². The van der Waals surface area contributed by atoms with Gasteiger partial charge in [-0.25, -0.2) is 0 Å². The van der Waals surface area contributed by atoms with E-state index in [1.54, 1.807) is 0 Å². The van der Waals surface area contributed by atoms with Crippen molar-refractivity contribution in [2.75, 3.05) is 0 Å². The molecule has 4 rings (SSSR count). The second-order valence-corrected chi connectivity index (χ2v) is 6.32. The molecule has 0 bridgehead atoms. The molecule has 2 aromatic carbocycles. The summed E-state index contributed by atoms with van der Waals surface area (Å²) >= 11 is 0. The minimum Gasteiger partial charge on any atom is -0.267 e. The number of fused-ring (bicyclic) bond motifs is 3. The number of aromatic nitrogens is 1. The van der Waals surface area contributed by atoms with Crippen molar-refractivity contribution in [2.45, 2.75) is 20.8 Å². The lowest BCUT2D eigenvalue weighted by molar-refractivity contribution is 1.24. The number of nitrogens with zero attached hydrogens (tertiary/aromatic N) is 1. The molecule has 0 fully saturated rings. The predicted molar refractivity (Wildman–Crippen MR) is 95.0 cm³/mol. The Bertz CT molecular complexity index is 814. The van der Waals surface area contributed by atoms with Crippen LogP contribution < -0.4 is 16.5 Å². The lowest BCUT2D eigenvalue weighted by Gasteiger charge is -2.11. The molecule has 2 heterocycles. The van der Waals surface area contributed by atoms with Crippen LogP contribution in [-0.2, 0) is 0 Å². The molecule has 2 heteroatoms. The zero-order valence-electron chi connectivity index (χ0n) is 13.2. The Balaban J connectivity index is 1.99. The Kier molecular flexibility index (Phi) is 2.93. The molecule has 1 aromatic heterocycles. The Morgan fingerprint density at radius 1 is 0.727 bits per heavy atom. The van der Waals surface area contributed by atoms with Crippen LogP contribution >= 0.6 is 0 Å². The van der Waals surface area contributed by atoms with E-state index in [0.717, 1.165) is 5.69 Å². The molecule has 0 amide bonds. The summed E-state index contributed by atoms with van der Waals surface area (Å²) in [6, 6.07) is 20.0. The fourth-order valence-electron chi connectivity index (χ4n) is 3.43. The zero-order valence-corrected chi connectivity index (χ0v) is 13.2. The van der Waals surface area contributed by atoms with Crippen molar-refractivity contribution < 1.29 is 0 Å². The molecule has 1 aliphatic heterocycles. The molecule has 1 nitrogen and oxygen atoms in total. The standard InChI is InChI=1S/C20H18BN/c1-13-4-8-16(9-5-13)21-19-12-14(2)6-10-17(19)18-11-7-15(3)22-20(18)21/h4-12H,1-3H3. The monoisotopic (exact) mass is 283 g/mol. The van der Waals surface area contributed by atoms with Crippen LogP contribution in [0.2, 0.25) is 0 Å². The molecule has 0 saturated heterocycles. The average Bonchev–Trinajstić information content (AvgIpc) is 2.80. The van der Waals surface area contributed by atoms with E-state index in [1.807, 2.05) is 0 Å². The fourth-order valence-corrected chi connectivity index (χ4v) is 3.43. The van der Waals surface area contributed by atoms with Gasteiger partial charge in [-0.2, -0.15) is 0 Å². The van der Waals surface area contributed by atoms with E-state index >= 15 is 0 Å². The van der Waals surface area contributed by atoms with Gasteiger partial charge in [0.25, 0.3) is 6.71 Å². The normalized spacial score (nSPS) is 12.2. The van der Waals surface area contributed by atoms with Crippen LogP contribution in [0, 0.1) is 20.8 Å². The first-order valence-electron chi connectivity index (χ1n) is 7.78. The quantitative estimate of drug-likeness (QED) is 0.489. The molecule has 106 valence electrons. The van der Waals surface area contributed by atoms with Gasteiger partial charge in [0.1, 0.15) is 0 Å². The minimum atomic E-state index is 0.255. The summed E-state index contributed by atoms with van der Waals surface area (Å²) in [6.07, 6.45) is 0. The van der Waals surface area contributed by atoms with Crippen LogP contribution in [-0.4, -0.2) is 11.7 Å². The maximum absolute atomic E-state index is 4.88. The maximum atomic E-state index is 4.88. The van der Waals surface area contributed by atoms with Gasteiger partial charge in [0, 0.05) is 11.3 Å². The third-order valence-electron chi connectivity index (χ3n) is 4.56. The van der Waals surface area contributed by atoms with Crippen molar-refractivity contribution >= 4 is 23.2 Å². The van der Waals surface area contributed by atoms with Gasteiger partial charge in [0.05, 0.1) is 0 Å². The molecule has 0 radical (unpaired) electrons. The van der Waals surface area contributed by atoms with Crippen molar-refractivity contribution in [1.82, 2.24) is 4.98 Å². The smallest absolute Gasteiger partial charge is 0.266 e. The number of aryl methyl sites for hydroxylation is 3. The van der Waals surface area contributed by atoms with Crippen molar-refractivity contribution in [3.05, 3.63) is 71.4 Å². The van der Waals surface area contributed by atoms with Gasteiger partial charge in [-0.3, -0.25) is 4.98 Å². The van der Waals surface area contributed by atoms with E-state index in [1.165, 1.54) is 38.8 Å². The summed E-state index contributed by atoms with van der Waals surface area (Å²) in [6.45, 7) is 6.62. The van der Waals surface area contributed by atoms with E-state index in [9.17, 15) is 0 Å². The van der Waals surface area contributed by atoms with E-state index in [0.29, 0.717) is 0 Å². The molecule has 1 aliphatic rings. The number of hydrogen-bond acceptors (Lipinski definition) is 1. The Labute approximate surface area is 132 Å². The van der Waals surface area contributed by atoms with Gasteiger partial charge in [0.2, 0.25) is 0 Å². The summed E-state index contributed by atoms with van der Waals surface area (Å²) < 4.78 is 0. The van der Waals surface area contributed by atoms with Gasteiger partial charge >= 0.3 is 0 Å². The molecule has 22 heavy (non-hydrogen) atoms. The third-order valence-corrected chi connectivity index (χ3v) is 4.56. The van der Waals surface area contributed by atoms with Crippen LogP contribution in [0.15, 0.2) is 54.6 Å². The molecular formula is C20H18BN. The Morgan fingerprint density at radius 3 is 2.18 bits per heavy atom. The number of hydrogen-bond donors (Lipinski definition) is 0. The molecule has 0 N–H and O–H groups in total. The second-order valence-electron chi connectivity index (χ2n) is 6.32. The Hall–Kier alpha value is -2.35. The van der Waals surface area contributed by atoms with Gasteiger partial charge in [0.15, 0.2) is 0 Å². The van der Waals surface area contributed by atoms with Crippen molar-refractivity contribution in [2.24, 2.45) is 0 Å². The van der Waals surface area contributed by atoms with E-state index in [-0.39, 0.29) is 6.71 Å². The second kappa shape index (κ2) is 4.84. The highest BCUT2D eigenvalue weighted by atomic mass is 14.7. The first-order chi connectivity index (χ1) is 10.6. The first kappa shape index (κ1) is 13.3. The topological polar surface area (TPSA) is 12.9 Å². The molecule has 0 aliphatic carbocycles. The third kappa shape index (κ3) is 1.99. The largest absolute Gasteiger partial charge is 0.267 e. The summed E-state index contributed by atoms with van der Waals surface area (Å²) in [5.41, 5.74) is 10.2. The minimum absolute atomic E-state index is 0.255. The molecule has 0 unspecified atom stereocenters. The van der Waals surface area contributed by atoms with E-state index in [2.05, 4.69) is 75.4 Å². The summed E-state index contributed by atoms with van der Waals surface area (Å²) in [5.74, 6) is 0. The number of benzene rings is 2. The summed E-state index contributed by atoms with van der Waals surface area (Å²) in [4.78, 5) is 4.88. The number of rotatable bonds is 1. The van der Waals surface area contributed by atoms with Crippen LogP contribution in [0.3, 0.4) is 0 Å². The highest BCUT2D eigenvalue weighted by Crippen LogP contribution is 2.23. The lowest BCUT2D eigenvalue weighted by Crippen LogP contribution is -2.50. The molecule has 0 atom stereocenters. The number of pyridine rings is 1. The molecule has 3 aromatic rings. The SMILES string of the molecule is Cc1ccc(B2c3cc(C)ccc3-c3ccc(C)nc32)cc1. The van der Waals surface area contributed by atoms with Crippen molar-refractivity contribution in [3.63, 3.8) is 0 Å². The van der Waals surface area contributed by atoms with Gasteiger partial charge in [-0.1, -0.05) is 70.6 Å². The molecule has 0 spiro atoms.